The molecule has 1 aliphatic rings. The smallest absolute Gasteiger partial charge is 0.115 e. The van der Waals surface area contributed by atoms with E-state index in [9.17, 15) is 4.39 Å². The summed E-state index contributed by atoms with van der Waals surface area (Å²) < 4.78 is 21.9. The van der Waals surface area contributed by atoms with Crippen LogP contribution in [0.25, 0.3) is 0 Å². The number of alkyl halides is 1. The average molecular weight is 269 g/mol. The van der Waals surface area contributed by atoms with E-state index in [-0.39, 0.29) is 6.04 Å². The summed E-state index contributed by atoms with van der Waals surface area (Å²) in [5.41, 5.74) is -0.440. The van der Waals surface area contributed by atoms with Gasteiger partial charge in [-0.05, 0) is 33.3 Å². The summed E-state index contributed by atoms with van der Waals surface area (Å²) in [6.45, 7) is 7.90. The van der Waals surface area contributed by atoms with Crippen LogP contribution in [0.3, 0.4) is 0 Å². The van der Waals surface area contributed by atoms with Gasteiger partial charge in [-0.25, -0.2) is 4.39 Å². The third-order valence-corrected chi connectivity index (χ3v) is 3.41. The highest BCUT2D eigenvalue weighted by molar-refractivity contribution is 5.04. The molecule has 0 aliphatic carbocycles. The van der Waals surface area contributed by atoms with Gasteiger partial charge in [0.2, 0.25) is 0 Å². The van der Waals surface area contributed by atoms with E-state index in [2.05, 4.69) is 24.3 Å². The number of hydrogen-bond donors (Lipinski definition) is 1. The van der Waals surface area contributed by atoms with Gasteiger partial charge in [0.25, 0.3) is 0 Å². The summed E-state index contributed by atoms with van der Waals surface area (Å²) in [5, 5.41) is 7.71. The van der Waals surface area contributed by atoms with Gasteiger partial charge in [0.1, 0.15) is 5.67 Å². The van der Waals surface area contributed by atoms with Crippen LogP contribution in [0.1, 0.15) is 38.9 Å². The fourth-order valence-electron chi connectivity index (χ4n) is 2.47. The van der Waals surface area contributed by atoms with Gasteiger partial charge < -0.3 is 10.1 Å². The Kier molecular flexibility index (Phi) is 4.58. The lowest BCUT2D eigenvalue weighted by atomic mass is 9.93. The largest absolute Gasteiger partial charge is 0.379 e. The molecule has 1 aromatic rings. The standard InChI is InChI=1S/C14H24FN3O/c1-11(2)18-6-4-12(17-18)8-14(3,15)9-13-10-19-7-5-16-13/h4,6,11,13,16H,5,7-10H2,1-3H3. The summed E-state index contributed by atoms with van der Waals surface area (Å²) in [6.07, 6.45) is 2.73. The molecule has 1 aromatic heterocycles. The first-order valence-electron chi connectivity index (χ1n) is 7.00. The second kappa shape index (κ2) is 6.01. The maximum Gasteiger partial charge on any atom is 0.115 e. The van der Waals surface area contributed by atoms with Crippen LogP contribution in [0.4, 0.5) is 4.39 Å². The van der Waals surface area contributed by atoms with Crippen LogP contribution in [0, 0.1) is 0 Å². The zero-order chi connectivity index (χ0) is 13.9. The maximum absolute atomic E-state index is 14.6. The van der Waals surface area contributed by atoms with Crippen molar-refractivity contribution in [2.75, 3.05) is 19.8 Å². The highest BCUT2D eigenvalue weighted by Gasteiger charge is 2.30. The minimum Gasteiger partial charge on any atom is -0.379 e. The van der Waals surface area contributed by atoms with Crippen molar-refractivity contribution in [3.8, 4) is 0 Å². The summed E-state index contributed by atoms with van der Waals surface area (Å²) in [6, 6.07) is 2.33. The summed E-state index contributed by atoms with van der Waals surface area (Å²) in [7, 11) is 0. The Morgan fingerprint density at radius 1 is 1.63 bits per heavy atom. The molecule has 1 saturated heterocycles. The quantitative estimate of drug-likeness (QED) is 0.890. The summed E-state index contributed by atoms with van der Waals surface area (Å²) in [4.78, 5) is 0. The highest BCUT2D eigenvalue weighted by Crippen LogP contribution is 2.23. The number of halogens is 1. The van der Waals surface area contributed by atoms with Crippen LogP contribution in [0.5, 0.6) is 0 Å². The molecule has 2 unspecified atom stereocenters. The van der Waals surface area contributed by atoms with Crippen LogP contribution in [0.15, 0.2) is 12.3 Å². The Morgan fingerprint density at radius 2 is 2.42 bits per heavy atom. The zero-order valence-electron chi connectivity index (χ0n) is 12.0. The molecule has 0 amide bonds. The van der Waals surface area contributed by atoms with E-state index in [4.69, 9.17) is 4.74 Å². The Bertz CT molecular complexity index is 397. The van der Waals surface area contributed by atoms with E-state index >= 15 is 0 Å². The van der Waals surface area contributed by atoms with Gasteiger partial charge in [-0.3, -0.25) is 4.68 Å². The summed E-state index contributed by atoms with van der Waals surface area (Å²) >= 11 is 0. The monoisotopic (exact) mass is 269 g/mol. The third-order valence-electron chi connectivity index (χ3n) is 3.41. The molecule has 0 saturated carbocycles. The zero-order valence-corrected chi connectivity index (χ0v) is 12.0. The lowest BCUT2D eigenvalue weighted by Gasteiger charge is -2.29. The van der Waals surface area contributed by atoms with E-state index in [0.717, 1.165) is 18.8 Å². The minimum absolute atomic E-state index is 0.107. The van der Waals surface area contributed by atoms with Crippen LogP contribution >= 0.6 is 0 Å². The number of aromatic nitrogens is 2. The topological polar surface area (TPSA) is 39.1 Å². The molecule has 4 nitrogen and oxygen atoms in total. The van der Waals surface area contributed by atoms with Gasteiger partial charge in [-0.15, -0.1) is 0 Å². The molecule has 1 fully saturated rings. The molecule has 108 valence electrons. The molecule has 0 bridgehead atoms. The van der Waals surface area contributed by atoms with Crippen molar-refractivity contribution in [1.29, 1.82) is 0 Å². The first kappa shape index (κ1) is 14.5. The Morgan fingerprint density at radius 3 is 3.00 bits per heavy atom. The lowest BCUT2D eigenvalue weighted by molar-refractivity contribution is 0.0480. The third kappa shape index (κ3) is 4.28. The van der Waals surface area contributed by atoms with E-state index in [1.807, 2.05) is 16.9 Å². The number of nitrogens with zero attached hydrogens (tertiary/aromatic N) is 2. The van der Waals surface area contributed by atoms with Crippen LogP contribution in [-0.2, 0) is 11.2 Å². The predicted octanol–water partition coefficient (Wildman–Crippen LogP) is 2.11. The van der Waals surface area contributed by atoms with Crippen molar-refractivity contribution < 1.29 is 9.13 Å². The molecule has 2 rings (SSSR count). The number of ether oxygens (including phenoxy) is 1. The second-order valence-electron chi connectivity index (χ2n) is 5.90. The normalized spacial score (nSPS) is 23.5. The maximum atomic E-state index is 14.6. The molecular formula is C14H24FN3O. The van der Waals surface area contributed by atoms with Gasteiger partial charge in [-0.1, -0.05) is 0 Å². The Hall–Kier alpha value is -0.940. The molecule has 0 aromatic carbocycles. The number of nitrogens with one attached hydrogen (secondary N) is 1. The van der Waals surface area contributed by atoms with E-state index < -0.39 is 5.67 Å². The van der Waals surface area contributed by atoms with Crippen LogP contribution < -0.4 is 5.32 Å². The van der Waals surface area contributed by atoms with Crippen molar-refractivity contribution in [3.63, 3.8) is 0 Å². The SMILES string of the molecule is CC(C)n1ccc(CC(C)(F)CC2COCCN2)n1. The molecule has 0 radical (unpaired) electrons. The lowest BCUT2D eigenvalue weighted by Crippen LogP contribution is -2.45. The van der Waals surface area contributed by atoms with E-state index in [1.54, 1.807) is 6.92 Å². The summed E-state index contributed by atoms with van der Waals surface area (Å²) in [5.74, 6) is 0. The van der Waals surface area contributed by atoms with E-state index in [1.165, 1.54) is 0 Å². The fourth-order valence-corrected chi connectivity index (χ4v) is 2.47. The Balaban J connectivity index is 1.91. The predicted molar refractivity (Wildman–Crippen MR) is 73.1 cm³/mol. The van der Waals surface area contributed by atoms with Crippen molar-refractivity contribution in [2.24, 2.45) is 0 Å². The number of hydrogen-bond acceptors (Lipinski definition) is 3. The van der Waals surface area contributed by atoms with Crippen LogP contribution in [0.2, 0.25) is 0 Å². The van der Waals surface area contributed by atoms with Crippen molar-refractivity contribution >= 4 is 0 Å². The Labute approximate surface area is 114 Å². The second-order valence-corrected chi connectivity index (χ2v) is 5.90. The number of morpholine rings is 1. The molecule has 19 heavy (non-hydrogen) atoms. The molecule has 2 heterocycles. The van der Waals surface area contributed by atoms with Gasteiger partial charge in [0.15, 0.2) is 0 Å². The first-order chi connectivity index (χ1) is 8.96. The molecule has 1 N–H and O–H groups in total. The number of rotatable bonds is 5. The first-order valence-corrected chi connectivity index (χ1v) is 7.00. The van der Waals surface area contributed by atoms with Gasteiger partial charge >= 0.3 is 0 Å². The molecule has 2 atom stereocenters. The minimum atomic E-state index is -1.26. The van der Waals surface area contributed by atoms with Gasteiger partial charge in [-0.2, -0.15) is 5.10 Å². The van der Waals surface area contributed by atoms with E-state index in [0.29, 0.717) is 25.5 Å². The molecule has 0 spiro atoms. The molecule has 5 heteroatoms. The highest BCUT2D eigenvalue weighted by atomic mass is 19.1. The van der Waals surface area contributed by atoms with Gasteiger partial charge in [0, 0.05) is 31.2 Å². The van der Waals surface area contributed by atoms with Crippen molar-refractivity contribution in [2.45, 2.75) is 51.4 Å². The molecular weight excluding hydrogens is 245 g/mol. The molecule has 1 aliphatic heterocycles. The average Bonchev–Trinajstić information content (AvgIpc) is 2.77. The van der Waals surface area contributed by atoms with Gasteiger partial charge in [0.05, 0.1) is 18.9 Å². The van der Waals surface area contributed by atoms with Crippen molar-refractivity contribution in [1.82, 2.24) is 15.1 Å². The van der Waals surface area contributed by atoms with Crippen molar-refractivity contribution in [3.05, 3.63) is 18.0 Å². The van der Waals surface area contributed by atoms with Crippen LogP contribution in [-0.4, -0.2) is 41.2 Å². The fraction of sp³-hybridized carbons (Fsp3) is 0.786.